The SMILES string of the molecule is Cc1ccccc1CN(C)c1ccc([C@H](C)O)cn1. The van der Waals surface area contributed by atoms with Crippen LogP contribution in [0.25, 0.3) is 0 Å². The lowest BCUT2D eigenvalue weighted by Crippen LogP contribution is -2.18. The van der Waals surface area contributed by atoms with E-state index in [1.807, 2.05) is 19.2 Å². The van der Waals surface area contributed by atoms with Crippen molar-refractivity contribution >= 4 is 5.82 Å². The van der Waals surface area contributed by atoms with E-state index >= 15 is 0 Å². The van der Waals surface area contributed by atoms with Crippen LogP contribution in [0, 0.1) is 6.92 Å². The van der Waals surface area contributed by atoms with Crippen molar-refractivity contribution in [3.8, 4) is 0 Å². The van der Waals surface area contributed by atoms with Gasteiger partial charge in [-0.15, -0.1) is 0 Å². The van der Waals surface area contributed by atoms with E-state index in [0.717, 1.165) is 17.9 Å². The summed E-state index contributed by atoms with van der Waals surface area (Å²) in [5, 5.41) is 9.47. The van der Waals surface area contributed by atoms with E-state index in [0.29, 0.717) is 0 Å². The summed E-state index contributed by atoms with van der Waals surface area (Å²) < 4.78 is 0. The van der Waals surface area contributed by atoms with E-state index in [4.69, 9.17) is 0 Å². The Hall–Kier alpha value is -1.87. The molecule has 2 aromatic rings. The van der Waals surface area contributed by atoms with Gasteiger partial charge < -0.3 is 10.0 Å². The molecule has 0 aliphatic rings. The molecule has 1 atom stereocenters. The highest BCUT2D eigenvalue weighted by Crippen LogP contribution is 2.17. The second-order valence-electron chi connectivity index (χ2n) is 4.91. The molecule has 3 nitrogen and oxygen atoms in total. The average Bonchev–Trinajstić information content (AvgIpc) is 2.41. The molecule has 0 spiro atoms. The molecule has 0 saturated heterocycles. The van der Waals surface area contributed by atoms with Gasteiger partial charge in [0.1, 0.15) is 5.82 Å². The van der Waals surface area contributed by atoms with Crippen molar-refractivity contribution in [1.29, 1.82) is 0 Å². The highest BCUT2D eigenvalue weighted by molar-refractivity contribution is 5.40. The zero-order valence-electron chi connectivity index (χ0n) is 11.7. The fraction of sp³-hybridized carbons (Fsp3) is 0.312. The minimum Gasteiger partial charge on any atom is -0.389 e. The summed E-state index contributed by atoms with van der Waals surface area (Å²) in [5.74, 6) is 0.910. The molecule has 1 heterocycles. The Morgan fingerprint density at radius 3 is 2.53 bits per heavy atom. The van der Waals surface area contributed by atoms with E-state index in [1.165, 1.54) is 11.1 Å². The number of benzene rings is 1. The van der Waals surface area contributed by atoms with Crippen molar-refractivity contribution in [2.24, 2.45) is 0 Å². The lowest BCUT2D eigenvalue weighted by Gasteiger charge is -2.19. The van der Waals surface area contributed by atoms with Gasteiger partial charge in [-0.25, -0.2) is 4.98 Å². The van der Waals surface area contributed by atoms with Gasteiger partial charge in [-0.3, -0.25) is 0 Å². The lowest BCUT2D eigenvalue weighted by molar-refractivity contribution is 0.199. The molecule has 0 fully saturated rings. The number of hydrogen-bond donors (Lipinski definition) is 1. The molecule has 1 aromatic heterocycles. The molecule has 0 aliphatic carbocycles. The van der Waals surface area contributed by atoms with Crippen LogP contribution in [0.5, 0.6) is 0 Å². The van der Waals surface area contributed by atoms with E-state index in [2.05, 4.69) is 41.1 Å². The van der Waals surface area contributed by atoms with Crippen molar-refractivity contribution in [3.63, 3.8) is 0 Å². The van der Waals surface area contributed by atoms with Crippen LogP contribution >= 0.6 is 0 Å². The minimum atomic E-state index is -0.469. The number of rotatable bonds is 4. The maximum absolute atomic E-state index is 9.47. The van der Waals surface area contributed by atoms with Crippen LogP contribution in [0.1, 0.15) is 29.7 Å². The summed E-state index contributed by atoms with van der Waals surface area (Å²) in [7, 11) is 2.02. The van der Waals surface area contributed by atoms with Gasteiger partial charge in [0, 0.05) is 19.8 Å². The van der Waals surface area contributed by atoms with Crippen LogP contribution in [0.2, 0.25) is 0 Å². The van der Waals surface area contributed by atoms with Gasteiger partial charge in [0.05, 0.1) is 6.10 Å². The van der Waals surface area contributed by atoms with Crippen molar-refractivity contribution in [1.82, 2.24) is 4.98 Å². The maximum Gasteiger partial charge on any atom is 0.128 e. The van der Waals surface area contributed by atoms with Crippen LogP contribution in [-0.2, 0) is 6.54 Å². The summed E-state index contributed by atoms with van der Waals surface area (Å²) >= 11 is 0. The number of pyridine rings is 1. The molecule has 100 valence electrons. The van der Waals surface area contributed by atoms with E-state index in [-0.39, 0.29) is 0 Å². The standard InChI is InChI=1S/C16H20N2O/c1-12-6-4-5-7-15(12)11-18(3)16-9-8-14(10-17-16)13(2)19/h4-10,13,19H,11H2,1-3H3/t13-/m0/s1. The molecule has 0 bridgehead atoms. The largest absolute Gasteiger partial charge is 0.389 e. The molecule has 19 heavy (non-hydrogen) atoms. The van der Waals surface area contributed by atoms with Crippen LogP contribution < -0.4 is 4.90 Å². The number of aliphatic hydroxyl groups excluding tert-OH is 1. The Kier molecular flexibility index (Phi) is 4.17. The first-order chi connectivity index (χ1) is 9.08. The Morgan fingerprint density at radius 1 is 1.21 bits per heavy atom. The lowest BCUT2D eigenvalue weighted by atomic mass is 10.1. The second-order valence-corrected chi connectivity index (χ2v) is 4.91. The van der Waals surface area contributed by atoms with Gasteiger partial charge in [-0.05, 0) is 36.6 Å². The summed E-state index contributed by atoms with van der Waals surface area (Å²) in [6.45, 7) is 4.69. The number of nitrogens with zero attached hydrogens (tertiary/aromatic N) is 2. The second kappa shape index (κ2) is 5.85. The smallest absolute Gasteiger partial charge is 0.128 e. The third-order valence-electron chi connectivity index (χ3n) is 3.31. The molecule has 2 rings (SSSR count). The monoisotopic (exact) mass is 256 g/mol. The first kappa shape index (κ1) is 13.6. The van der Waals surface area contributed by atoms with Crippen LogP contribution in [0.3, 0.4) is 0 Å². The highest BCUT2D eigenvalue weighted by atomic mass is 16.3. The molecular formula is C16H20N2O. The van der Waals surface area contributed by atoms with Gasteiger partial charge in [0.15, 0.2) is 0 Å². The predicted octanol–water partition coefficient (Wildman–Crippen LogP) is 3.08. The number of aliphatic hydroxyl groups is 1. The topological polar surface area (TPSA) is 36.4 Å². The fourth-order valence-corrected chi connectivity index (χ4v) is 1.99. The Bertz CT molecular complexity index is 535. The fourth-order valence-electron chi connectivity index (χ4n) is 1.99. The number of aromatic nitrogens is 1. The van der Waals surface area contributed by atoms with Crippen LogP contribution in [0.4, 0.5) is 5.82 Å². The molecular weight excluding hydrogens is 236 g/mol. The van der Waals surface area contributed by atoms with E-state index < -0.39 is 6.10 Å². The predicted molar refractivity (Wildman–Crippen MR) is 78.2 cm³/mol. The van der Waals surface area contributed by atoms with Gasteiger partial charge in [0.2, 0.25) is 0 Å². The quantitative estimate of drug-likeness (QED) is 0.913. The third-order valence-corrected chi connectivity index (χ3v) is 3.31. The normalized spacial score (nSPS) is 12.2. The van der Waals surface area contributed by atoms with Gasteiger partial charge in [0.25, 0.3) is 0 Å². The Labute approximate surface area is 114 Å². The van der Waals surface area contributed by atoms with Crippen LogP contribution in [0.15, 0.2) is 42.6 Å². The minimum absolute atomic E-state index is 0.469. The summed E-state index contributed by atoms with van der Waals surface area (Å²) in [5.41, 5.74) is 3.43. The summed E-state index contributed by atoms with van der Waals surface area (Å²) in [4.78, 5) is 6.50. The summed E-state index contributed by atoms with van der Waals surface area (Å²) in [6, 6.07) is 12.2. The zero-order valence-corrected chi connectivity index (χ0v) is 11.7. The molecule has 0 radical (unpaired) electrons. The van der Waals surface area contributed by atoms with Crippen LogP contribution in [-0.4, -0.2) is 17.1 Å². The van der Waals surface area contributed by atoms with Crippen molar-refractivity contribution in [2.75, 3.05) is 11.9 Å². The number of anilines is 1. The molecule has 0 saturated carbocycles. The maximum atomic E-state index is 9.47. The molecule has 0 amide bonds. The Morgan fingerprint density at radius 2 is 1.95 bits per heavy atom. The molecule has 0 aliphatic heterocycles. The van der Waals surface area contributed by atoms with E-state index in [9.17, 15) is 5.11 Å². The highest BCUT2D eigenvalue weighted by Gasteiger charge is 2.06. The number of hydrogen-bond acceptors (Lipinski definition) is 3. The van der Waals surface area contributed by atoms with E-state index in [1.54, 1.807) is 13.1 Å². The van der Waals surface area contributed by atoms with Gasteiger partial charge in [-0.2, -0.15) is 0 Å². The van der Waals surface area contributed by atoms with Gasteiger partial charge >= 0.3 is 0 Å². The van der Waals surface area contributed by atoms with Crippen molar-refractivity contribution < 1.29 is 5.11 Å². The first-order valence-electron chi connectivity index (χ1n) is 6.47. The average molecular weight is 256 g/mol. The number of aryl methyl sites for hydroxylation is 1. The first-order valence-corrected chi connectivity index (χ1v) is 6.47. The third kappa shape index (κ3) is 3.32. The van der Waals surface area contributed by atoms with Crippen molar-refractivity contribution in [3.05, 3.63) is 59.3 Å². The molecule has 1 N–H and O–H groups in total. The zero-order chi connectivity index (χ0) is 13.8. The molecule has 3 heteroatoms. The van der Waals surface area contributed by atoms with Crippen molar-refractivity contribution in [2.45, 2.75) is 26.5 Å². The molecule has 1 aromatic carbocycles. The Balaban J connectivity index is 2.12. The summed E-state index contributed by atoms with van der Waals surface area (Å²) in [6.07, 6.45) is 1.26. The van der Waals surface area contributed by atoms with Gasteiger partial charge in [-0.1, -0.05) is 30.3 Å². The molecule has 0 unspecified atom stereocenters.